The second-order valence-electron chi connectivity index (χ2n) is 7.90. The number of anilines is 1. The van der Waals surface area contributed by atoms with Gasteiger partial charge in [-0.25, -0.2) is 4.98 Å². The van der Waals surface area contributed by atoms with Crippen molar-refractivity contribution >= 4 is 52.0 Å². The minimum absolute atomic E-state index is 0.312. The van der Waals surface area contributed by atoms with Crippen molar-refractivity contribution in [1.29, 1.82) is 0 Å². The van der Waals surface area contributed by atoms with Crippen LogP contribution in [0.3, 0.4) is 0 Å². The Kier molecular flexibility index (Phi) is 6.45. The van der Waals surface area contributed by atoms with Gasteiger partial charge in [-0.3, -0.25) is 4.79 Å². The molecule has 1 N–H and O–H groups in total. The lowest BCUT2D eigenvalue weighted by molar-refractivity contribution is -0.111. The van der Waals surface area contributed by atoms with Gasteiger partial charge < -0.3 is 14.2 Å². The first kappa shape index (κ1) is 23.0. The Balaban J connectivity index is 1.31. The van der Waals surface area contributed by atoms with Crippen LogP contribution in [0.4, 0.5) is 5.69 Å². The molecule has 0 saturated carbocycles. The molecule has 5 nitrogen and oxygen atoms in total. The molecule has 174 valence electrons. The minimum atomic E-state index is -0.312. The van der Waals surface area contributed by atoms with Crippen LogP contribution >= 0.6 is 23.2 Å². The summed E-state index contributed by atoms with van der Waals surface area (Å²) in [4.78, 5) is 17.1. The molecule has 35 heavy (non-hydrogen) atoms. The van der Waals surface area contributed by atoms with E-state index in [2.05, 4.69) is 17.2 Å². The molecule has 0 bridgehead atoms. The number of aromatic nitrogens is 1. The number of fused-ring (bicyclic) bond motifs is 1. The maximum Gasteiger partial charge on any atom is 0.248 e. The van der Waals surface area contributed by atoms with Gasteiger partial charge in [0.25, 0.3) is 0 Å². The standard InChI is InChI=1S/C28H20Cl2N2O3/c1-2-17-3-12-26-24(15-17)32-28(35-26)22-16-20(8-11-23(22)30)31-27(33)14-10-21-9-13-25(34-21)18-4-6-19(29)7-5-18/h3-16H,2H2,1H3,(H,31,33)/b14-10+. The van der Waals surface area contributed by atoms with Crippen molar-refractivity contribution < 1.29 is 13.6 Å². The van der Waals surface area contributed by atoms with E-state index in [1.54, 1.807) is 42.5 Å². The number of carbonyl (C=O) groups is 1. The molecule has 0 fully saturated rings. The number of oxazole rings is 1. The third kappa shape index (κ3) is 5.16. The molecule has 0 aliphatic carbocycles. The Bertz CT molecular complexity index is 1550. The van der Waals surface area contributed by atoms with Gasteiger partial charge in [0.1, 0.15) is 17.0 Å². The Labute approximate surface area is 212 Å². The van der Waals surface area contributed by atoms with E-state index in [9.17, 15) is 4.79 Å². The average molecular weight is 503 g/mol. The van der Waals surface area contributed by atoms with Crippen LogP contribution in [0, 0.1) is 0 Å². The molecule has 0 atom stereocenters. The van der Waals surface area contributed by atoms with Crippen LogP contribution in [0.5, 0.6) is 0 Å². The third-order valence-corrected chi connectivity index (χ3v) is 6.06. The molecule has 0 radical (unpaired) electrons. The first-order valence-corrected chi connectivity index (χ1v) is 11.8. The van der Waals surface area contributed by atoms with Gasteiger partial charge in [0.05, 0.1) is 10.6 Å². The summed E-state index contributed by atoms with van der Waals surface area (Å²) in [5.41, 5.74) is 4.69. The zero-order valence-electron chi connectivity index (χ0n) is 18.7. The second kappa shape index (κ2) is 9.82. The molecule has 0 spiro atoms. The van der Waals surface area contributed by atoms with Gasteiger partial charge in [0.2, 0.25) is 11.8 Å². The maximum atomic E-state index is 12.5. The van der Waals surface area contributed by atoms with Crippen molar-refractivity contribution in [2.75, 3.05) is 5.32 Å². The van der Waals surface area contributed by atoms with Crippen LogP contribution in [0.2, 0.25) is 10.0 Å². The SMILES string of the molecule is CCc1ccc2oc(-c3cc(NC(=O)/C=C/c4ccc(-c5ccc(Cl)cc5)o4)ccc3Cl)nc2c1. The summed E-state index contributed by atoms with van der Waals surface area (Å²) in [7, 11) is 0. The van der Waals surface area contributed by atoms with Gasteiger partial charge in [-0.1, -0.05) is 36.2 Å². The molecule has 5 aromatic rings. The van der Waals surface area contributed by atoms with Gasteiger partial charge in [0.15, 0.2) is 5.58 Å². The van der Waals surface area contributed by atoms with E-state index in [0.29, 0.717) is 44.3 Å². The number of hydrogen-bond acceptors (Lipinski definition) is 4. The highest BCUT2D eigenvalue weighted by molar-refractivity contribution is 6.33. The summed E-state index contributed by atoms with van der Waals surface area (Å²) in [6, 6.07) is 22.1. The highest BCUT2D eigenvalue weighted by atomic mass is 35.5. The summed E-state index contributed by atoms with van der Waals surface area (Å²) < 4.78 is 11.7. The predicted octanol–water partition coefficient (Wildman–Crippen LogP) is 8.28. The zero-order valence-corrected chi connectivity index (χ0v) is 20.2. The highest BCUT2D eigenvalue weighted by Gasteiger charge is 2.14. The molecule has 0 unspecified atom stereocenters. The van der Waals surface area contributed by atoms with Crippen molar-refractivity contribution in [1.82, 2.24) is 4.98 Å². The largest absolute Gasteiger partial charge is 0.457 e. The van der Waals surface area contributed by atoms with Crippen LogP contribution < -0.4 is 5.32 Å². The molecule has 1 amide bonds. The lowest BCUT2D eigenvalue weighted by atomic mass is 10.1. The Morgan fingerprint density at radius 3 is 2.60 bits per heavy atom. The van der Waals surface area contributed by atoms with Crippen molar-refractivity contribution in [2.24, 2.45) is 0 Å². The van der Waals surface area contributed by atoms with Gasteiger partial charge in [0, 0.05) is 22.3 Å². The van der Waals surface area contributed by atoms with Gasteiger partial charge in [-0.05, 0) is 84.8 Å². The first-order valence-electron chi connectivity index (χ1n) is 11.0. The summed E-state index contributed by atoms with van der Waals surface area (Å²) in [6.07, 6.45) is 3.93. The fraction of sp³-hybridized carbons (Fsp3) is 0.0714. The number of nitrogens with one attached hydrogen (secondary N) is 1. The van der Waals surface area contributed by atoms with Crippen molar-refractivity contribution in [3.8, 4) is 22.8 Å². The van der Waals surface area contributed by atoms with Crippen molar-refractivity contribution in [3.05, 3.63) is 100 Å². The summed E-state index contributed by atoms with van der Waals surface area (Å²) in [6.45, 7) is 2.09. The molecule has 3 aromatic carbocycles. The number of halogens is 2. The Morgan fingerprint density at radius 2 is 1.80 bits per heavy atom. The normalized spacial score (nSPS) is 11.4. The Hall–Kier alpha value is -3.80. The van der Waals surface area contributed by atoms with Gasteiger partial charge >= 0.3 is 0 Å². The molecule has 0 saturated heterocycles. The quantitative estimate of drug-likeness (QED) is 0.237. The maximum absolute atomic E-state index is 12.5. The number of amides is 1. The fourth-order valence-electron chi connectivity index (χ4n) is 3.63. The van der Waals surface area contributed by atoms with E-state index in [4.69, 9.17) is 32.0 Å². The fourth-order valence-corrected chi connectivity index (χ4v) is 3.95. The average Bonchev–Trinajstić information content (AvgIpc) is 3.51. The molecule has 2 heterocycles. The molecular weight excluding hydrogens is 483 g/mol. The molecule has 0 aliphatic rings. The topological polar surface area (TPSA) is 68.3 Å². The van der Waals surface area contributed by atoms with E-state index in [0.717, 1.165) is 17.5 Å². The summed E-state index contributed by atoms with van der Waals surface area (Å²) in [5.74, 6) is 1.33. The van der Waals surface area contributed by atoms with Crippen LogP contribution in [-0.2, 0) is 11.2 Å². The van der Waals surface area contributed by atoms with Gasteiger partial charge in [-0.2, -0.15) is 0 Å². The van der Waals surface area contributed by atoms with Crippen LogP contribution in [-0.4, -0.2) is 10.9 Å². The number of aryl methyl sites for hydroxylation is 1. The van der Waals surface area contributed by atoms with E-state index in [-0.39, 0.29) is 5.91 Å². The summed E-state index contributed by atoms with van der Waals surface area (Å²) >= 11 is 12.3. The van der Waals surface area contributed by atoms with Gasteiger partial charge in [-0.15, -0.1) is 0 Å². The molecule has 2 aromatic heterocycles. The molecule has 7 heteroatoms. The van der Waals surface area contributed by atoms with E-state index in [1.165, 1.54) is 11.6 Å². The second-order valence-corrected chi connectivity index (χ2v) is 8.74. The van der Waals surface area contributed by atoms with Crippen LogP contribution in [0.1, 0.15) is 18.2 Å². The predicted molar refractivity (Wildman–Crippen MR) is 141 cm³/mol. The third-order valence-electron chi connectivity index (χ3n) is 5.48. The van der Waals surface area contributed by atoms with Crippen molar-refractivity contribution in [3.63, 3.8) is 0 Å². The Morgan fingerprint density at radius 1 is 0.971 bits per heavy atom. The highest BCUT2D eigenvalue weighted by Crippen LogP contribution is 2.32. The zero-order chi connectivity index (χ0) is 24.4. The smallest absolute Gasteiger partial charge is 0.248 e. The lowest BCUT2D eigenvalue weighted by Gasteiger charge is -2.05. The molecule has 5 rings (SSSR count). The summed E-state index contributed by atoms with van der Waals surface area (Å²) in [5, 5.41) is 3.97. The number of rotatable bonds is 6. The van der Waals surface area contributed by atoms with E-state index in [1.807, 2.05) is 36.4 Å². The van der Waals surface area contributed by atoms with E-state index >= 15 is 0 Å². The monoisotopic (exact) mass is 502 g/mol. The first-order chi connectivity index (χ1) is 17.0. The number of furan rings is 1. The van der Waals surface area contributed by atoms with Crippen molar-refractivity contribution in [2.45, 2.75) is 13.3 Å². The minimum Gasteiger partial charge on any atom is -0.457 e. The number of carbonyl (C=O) groups excluding carboxylic acids is 1. The number of benzene rings is 3. The van der Waals surface area contributed by atoms with E-state index < -0.39 is 0 Å². The molecular formula is C28H20Cl2N2O3. The van der Waals surface area contributed by atoms with Crippen LogP contribution in [0.15, 0.2) is 87.7 Å². The lowest BCUT2D eigenvalue weighted by Crippen LogP contribution is -2.07. The number of nitrogens with zero attached hydrogens (tertiary/aromatic N) is 1. The number of hydrogen-bond donors (Lipinski definition) is 1. The molecule has 0 aliphatic heterocycles. The van der Waals surface area contributed by atoms with Crippen LogP contribution in [0.25, 0.3) is 40.0 Å².